The van der Waals surface area contributed by atoms with Gasteiger partial charge in [0.15, 0.2) is 14.5 Å². The zero-order valence-electron chi connectivity index (χ0n) is 21.1. The van der Waals surface area contributed by atoms with Gasteiger partial charge in [-0.3, -0.25) is 13.6 Å². The Bertz CT molecular complexity index is 826. The maximum atomic E-state index is 11.4. The number of phosphoric acid groups is 1. The maximum absolute atomic E-state index is 11.4. The van der Waals surface area contributed by atoms with Gasteiger partial charge in [0.1, 0.15) is 18.6 Å². The molecule has 1 aliphatic rings. The molecule has 20 N–H and O–H groups in total. The summed E-state index contributed by atoms with van der Waals surface area (Å²) in [7, 11) is 0.461. The predicted molar refractivity (Wildman–Crippen MR) is 161 cm³/mol. The first kappa shape index (κ1) is 68.1. The van der Waals surface area contributed by atoms with E-state index < -0.39 is 21.1 Å². The number of aromatic nitrogens is 1. The molecule has 1 atom stereocenters. The van der Waals surface area contributed by atoms with E-state index in [9.17, 15) is 14.7 Å². The normalized spacial score (nSPS) is 13.1. The number of guanidine groups is 1. The first-order chi connectivity index (χ1) is 14.3. The molecule has 41 heavy (non-hydrogen) atoms. The molecule has 29 heteroatoms. The van der Waals surface area contributed by atoms with Crippen LogP contribution in [0.1, 0.15) is 4.88 Å². The highest BCUT2D eigenvalue weighted by molar-refractivity contribution is 9.13. The molecular weight excluding hydrogens is 815 g/mol. The summed E-state index contributed by atoms with van der Waals surface area (Å²) in [6.07, 6.45) is 1.63. The number of hydrazone groups is 1. The lowest BCUT2D eigenvalue weighted by molar-refractivity contribution is -0.486. The lowest BCUT2D eigenvalue weighted by Crippen LogP contribution is -2.49. The van der Waals surface area contributed by atoms with Crippen LogP contribution in [0.25, 0.3) is 0 Å². The largest absolute Gasteiger partial charge is 0.475 e. The fourth-order valence-electron chi connectivity index (χ4n) is 1.85. The van der Waals surface area contributed by atoms with Crippen molar-refractivity contribution in [2.45, 2.75) is 14.8 Å². The Hall–Kier alpha value is -0.200. The van der Waals surface area contributed by atoms with Crippen molar-refractivity contribution < 1.29 is 82.7 Å². The summed E-state index contributed by atoms with van der Waals surface area (Å²) < 4.78 is 29.5. The van der Waals surface area contributed by atoms with E-state index in [2.05, 4.69) is 51.0 Å². The Balaban J connectivity index is -0.0000000486. The second-order valence-corrected chi connectivity index (χ2v) is 13.3. The molecular formula is C12H37Br2Cl3N5O17PS. The van der Waals surface area contributed by atoms with Gasteiger partial charge < -0.3 is 69.3 Å². The molecule has 2 rings (SSSR count). The van der Waals surface area contributed by atoms with Crippen molar-refractivity contribution in [3.63, 3.8) is 0 Å². The lowest BCUT2D eigenvalue weighted by atomic mass is 10.5. The number of phosphoric ester groups is 1. The Kier molecular flexibility index (Phi) is 51.9. The highest BCUT2D eigenvalue weighted by Crippen LogP contribution is 2.53. The standard InChI is InChI=1S/C8H10ClN5O3S.C4H7Br2Cl2O4P.10H2O/c1-12-4-17-5-13(8(12)11-14(15)16)3-6-2-10-7(9)18-6;1-10-13(9,11-2)12-3(5)4(6,7)8;;;;;;;;;;/h2H,3-5H2,1H3;3H,1-2H3;10*1H2/b11-8+;;;;;;;;;;;. The smallest absolute Gasteiger partial charge is 0.412 e. The van der Waals surface area contributed by atoms with Crippen molar-refractivity contribution in [3.8, 4) is 0 Å². The van der Waals surface area contributed by atoms with Gasteiger partial charge in [-0.25, -0.2) is 19.7 Å². The van der Waals surface area contributed by atoms with Crippen LogP contribution in [-0.4, -0.2) is 124 Å². The van der Waals surface area contributed by atoms with E-state index >= 15 is 0 Å². The zero-order valence-corrected chi connectivity index (χ0v) is 28.3. The van der Waals surface area contributed by atoms with Gasteiger partial charge in [-0.15, -0.1) is 11.3 Å². The van der Waals surface area contributed by atoms with Crippen LogP contribution >= 0.6 is 85.8 Å². The Labute approximate surface area is 268 Å². The van der Waals surface area contributed by atoms with Crippen LogP contribution in [0, 0.1) is 10.1 Å². The SMILES string of the molecule is CN1COCN(Cc2cnc(Cl)s2)/C1=N/[N+](=O)[O-].COP(=O)(OC)OC(Br)C(Cl)(Cl)Br.O.O.O.O.O.O.O.O.O.O. The van der Waals surface area contributed by atoms with Gasteiger partial charge in [0, 0.05) is 32.3 Å². The van der Waals surface area contributed by atoms with Gasteiger partial charge in [0.05, 0.1) is 6.54 Å². The summed E-state index contributed by atoms with van der Waals surface area (Å²) in [6, 6.07) is 0. The molecule has 0 radical (unpaired) electrons. The van der Waals surface area contributed by atoms with Gasteiger partial charge in [-0.05, 0) is 15.9 Å². The molecule has 0 saturated carbocycles. The van der Waals surface area contributed by atoms with E-state index in [0.29, 0.717) is 11.0 Å². The summed E-state index contributed by atoms with van der Waals surface area (Å²) >= 11 is 24.0. The van der Waals surface area contributed by atoms with E-state index in [-0.39, 0.29) is 74.2 Å². The third kappa shape index (κ3) is 24.9. The number of hydrogen-bond donors (Lipinski definition) is 0. The van der Waals surface area contributed by atoms with Crippen LogP contribution in [0.5, 0.6) is 0 Å². The zero-order chi connectivity index (χ0) is 23.8. The number of nitro groups is 1. The van der Waals surface area contributed by atoms with Gasteiger partial charge in [-0.2, -0.15) is 0 Å². The van der Waals surface area contributed by atoms with Crippen molar-refractivity contribution in [1.29, 1.82) is 0 Å². The fourth-order valence-corrected chi connectivity index (χ4v) is 4.62. The molecule has 1 aromatic rings. The first-order valence-electron chi connectivity index (χ1n) is 7.79. The Morgan fingerprint density at radius 2 is 1.61 bits per heavy atom. The molecule has 0 spiro atoms. The van der Waals surface area contributed by atoms with Gasteiger partial charge in [0.25, 0.3) is 5.96 Å². The molecule has 258 valence electrons. The second-order valence-electron chi connectivity index (χ2n) is 5.35. The molecule has 22 nitrogen and oxygen atoms in total. The summed E-state index contributed by atoms with van der Waals surface area (Å²) in [5, 5.41) is 12.2. The molecule has 0 bridgehead atoms. The third-order valence-corrected chi connectivity index (χ3v) is 8.71. The molecule has 1 unspecified atom stereocenters. The average Bonchev–Trinajstić information content (AvgIpc) is 3.08. The van der Waals surface area contributed by atoms with E-state index in [1.165, 1.54) is 25.6 Å². The molecule has 1 saturated heterocycles. The van der Waals surface area contributed by atoms with Crippen LogP contribution in [-0.2, 0) is 29.4 Å². The number of alkyl halides is 4. The minimum atomic E-state index is -3.58. The minimum Gasteiger partial charge on any atom is -0.412 e. The molecule has 0 aromatic carbocycles. The van der Waals surface area contributed by atoms with Crippen molar-refractivity contribution in [3.05, 3.63) is 25.7 Å². The lowest BCUT2D eigenvalue weighted by Gasteiger charge is -2.34. The van der Waals surface area contributed by atoms with Gasteiger partial charge in [0.2, 0.25) is 3.24 Å². The molecule has 1 fully saturated rings. The number of hydrogen-bond acceptors (Lipinski definition) is 9. The average molecular weight is 853 g/mol. The van der Waals surface area contributed by atoms with Crippen LogP contribution in [0.15, 0.2) is 11.3 Å². The van der Waals surface area contributed by atoms with E-state index in [4.69, 9.17) is 44.1 Å². The highest BCUT2D eigenvalue weighted by atomic mass is 79.9. The Morgan fingerprint density at radius 3 is 1.95 bits per heavy atom. The third-order valence-electron chi connectivity index (χ3n) is 3.13. The van der Waals surface area contributed by atoms with Gasteiger partial charge in [-0.1, -0.05) is 50.7 Å². The summed E-state index contributed by atoms with van der Waals surface area (Å²) in [6.45, 7) is 0.931. The maximum Gasteiger partial charge on any atom is 0.475 e. The number of nitrogens with zero attached hydrogens (tertiary/aromatic N) is 5. The van der Waals surface area contributed by atoms with Crippen LogP contribution in [0.3, 0.4) is 0 Å². The van der Waals surface area contributed by atoms with E-state index in [1.807, 2.05) is 0 Å². The molecule has 0 aliphatic carbocycles. The van der Waals surface area contributed by atoms with Gasteiger partial charge >= 0.3 is 7.82 Å². The van der Waals surface area contributed by atoms with Crippen molar-refractivity contribution in [1.82, 2.24) is 14.8 Å². The van der Waals surface area contributed by atoms with Crippen LogP contribution in [0.4, 0.5) is 0 Å². The van der Waals surface area contributed by atoms with Crippen LogP contribution < -0.4 is 0 Å². The topological polar surface area (TPSA) is 444 Å². The van der Waals surface area contributed by atoms with E-state index in [1.54, 1.807) is 23.0 Å². The highest BCUT2D eigenvalue weighted by Gasteiger charge is 2.38. The molecule has 1 aliphatic heterocycles. The number of thiazole rings is 1. The number of ether oxygens (including phenoxy) is 1. The van der Waals surface area contributed by atoms with Crippen molar-refractivity contribution in [2.24, 2.45) is 5.10 Å². The second kappa shape index (κ2) is 31.2. The first-order valence-corrected chi connectivity index (χ1v) is 12.9. The number of halogens is 5. The summed E-state index contributed by atoms with van der Waals surface area (Å²) in [4.78, 5) is 18.5. The van der Waals surface area contributed by atoms with Crippen molar-refractivity contribution >= 4 is 91.8 Å². The molecule has 0 amide bonds. The summed E-state index contributed by atoms with van der Waals surface area (Å²) in [5.41, 5.74) is 0. The Morgan fingerprint density at radius 1 is 1.15 bits per heavy atom. The monoisotopic (exact) mass is 849 g/mol. The van der Waals surface area contributed by atoms with Crippen molar-refractivity contribution in [2.75, 3.05) is 34.7 Å². The number of rotatable bonds is 8. The fraction of sp³-hybridized carbons (Fsp3) is 0.667. The summed E-state index contributed by atoms with van der Waals surface area (Å²) in [5.74, 6) is 0.260. The predicted octanol–water partition coefficient (Wildman–Crippen LogP) is -3.57. The molecule has 1 aromatic heterocycles. The minimum absolute atomic E-state index is 0. The quantitative estimate of drug-likeness (QED) is 0.107. The van der Waals surface area contributed by atoms with Crippen LogP contribution in [0.2, 0.25) is 4.47 Å². The molecule has 2 heterocycles. The van der Waals surface area contributed by atoms with E-state index in [0.717, 1.165) is 4.88 Å².